The molecule has 0 heterocycles. The molecule has 21 heavy (non-hydrogen) atoms. The van der Waals surface area contributed by atoms with Crippen LogP contribution >= 0.6 is 0 Å². The highest BCUT2D eigenvalue weighted by Gasteiger charge is 2.16. The van der Waals surface area contributed by atoms with E-state index in [1.807, 2.05) is 0 Å². The zero-order chi connectivity index (χ0) is 16.0. The summed E-state index contributed by atoms with van der Waals surface area (Å²) in [6.45, 7) is 1.95. The van der Waals surface area contributed by atoms with E-state index in [1.54, 1.807) is 19.1 Å². The first-order chi connectivity index (χ1) is 9.86. The van der Waals surface area contributed by atoms with E-state index in [0.29, 0.717) is 5.56 Å². The molecule has 0 bridgehead atoms. The molecule has 7 heteroatoms. The zero-order valence-corrected chi connectivity index (χ0v) is 12.3. The Morgan fingerprint density at radius 3 is 2.52 bits per heavy atom. The maximum Gasteiger partial charge on any atom is 0.337 e. The van der Waals surface area contributed by atoms with Crippen molar-refractivity contribution in [1.29, 1.82) is 0 Å². The van der Waals surface area contributed by atoms with E-state index in [2.05, 4.69) is 10.6 Å². The van der Waals surface area contributed by atoms with Gasteiger partial charge < -0.3 is 20.6 Å². The fourth-order valence-electron chi connectivity index (χ4n) is 1.71. The molecule has 1 rings (SSSR count). The second kappa shape index (κ2) is 7.28. The molecule has 3 amide bonds. The molecule has 1 aromatic carbocycles. The fraction of sp³-hybridized carbons (Fsp3) is 0.357. The third-order valence-corrected chi connectivity index (χ3v) is 3.03. The zero-order valence-electron chi connectivity index (χ0n) is 12.3. The van der Waals surface area contributed by atoms with Crippen LogP contribution in [0, 0.1) is 6.92 Å². The molecule has 0 aliphatic heterocycles. The van der Waals surface area contributed by atoms with Gasteiger partial charge >= 0.3 is 12.0 Å². The molecule has 0 saturated carbocycles. The number of urea groups is 1. The molecule has 0 aliphatic rings. The predicted molar refractivity (Wildman–Crippen MR) is 78.5 cm³/mol. The summed E-state index contributed by atoms with van der Waals surface area (Å²) in [7, 11) is 3.06. The molecule has 1 aromatic rings. The Hall–Kier alpha value is -2.57. The number of amides is 3. The molecular formula is C14H19N3O4. The molecular weight excluding hydrogens is 274 g/mol. The molecule has 7 nitrogen and oxygen atoms in total. The lowest BCUT2D eigenvalue weighted by Gasteiger charge is -2.19. The van der Waals surface area contributed by atoms with Crippen molar-refractivity contribution in [3.8, 4) is 0 Å². The van der Waals surface area contributed by atoms with Crippen LogP contribution in [0.1, 0.15) is 22.3 Å². The third-order valence-electron chi connectivity index (χ3n) is 3.03. The lowest BCUT2D eigenvalue weighted by atomic mass is 10.1. The number of aryl methyl sites for hydroxylation is 1. The predicted octanol–water partition coefficient (Wildman–Crippen LogP) is 1.29. The van der Waals surface area contributed by atoms with E-state index in [1.165, 1.54) is 25.1 Å². The van der Waals surface area contributed by atoms with Gasteiger partial charge in [0.1, 0.15) is 0 Å². The van der Waals surface area contributed by atoms with E-state index >= 15 is 0 Å². The minimum absolute atomic E-state index is 0.0306. The summed E-state index contributed by atoms with van der Waals surface area (Å²) in [6.07, 6.45) is 0.181. The van der Waals surface area contributed by atoms with Gasteiger partial charge in [-0.2, -0.15) is 0 Å². The normalized spacial score (nSPS) is 9.86. The van der Waals surface area contributed by atoms with Crippen molar-refractivity contribution in [2.75, 3.05) is 26.0 Å². The fourth-order valence-corrected chi connectivity index (χ4v) is 1.71. The molecule has 0 atom stereocenters. The molecule has 0 saturated heterocycles. The average molecular weight is 293 g/mol. The van der Waals surface area contributed by atoms with Crippen molar-refractivity contribution in [2.24, 2.45) is 0 Å². The van der Waals surface area contributed by atoms with E-state index in [-0.39, 0.29) is 30.1 Å². The average Bonchev–Trinajstić information content (AvgIpc) is 2.45. The molecule has 0 spiro atoms. The van der Waals surface area contributed by atoms with Crippen LogP contribution in [0.25, 0.3) is 0 Å². The van der Waals surface area contributed by atoms with Crippen LogP contribution in [0.3, 0.4) is 0 Å². The summed E-state index contributed by atoms with van der Waals surface area (Å²) in [5.74, 6) is -1.28. The Balaban J connectivity index is 2.79. The molecule has 3 N–H and O–H groups in total. The Kier molecular flexibility index (Phi) is 5.71. The molecule has 114 valence electrons. The lowest BCUT2D eigenvalue weighted by Crippen LogP contribution is -2.35. The monoisotopic (exact) mass is 293 g/mol. The first kappa shape index (κ1) is 16.5. The van der Waals surface area contributed by atoms with Crippen molar-refractivity contribution < 1.29 is 19.5 Å². The summed E-state index contributed by atoms with van der Waals surface area (Å²) in [5, 5.41) is 14.2. The first-order valence-corrected chi connectivity index (χ1v) is 6.42. The number of carboxylic acid groups (broad SMARTS) is 1. The summed E-state index contributed by atoms with van der Waals surface area (Å²) in [4.78, 5) is 35.7. The number of nitrogens with one attached hydrogen (secondary N) is 2. The number of hydrogen-bond donors (Lipinski definition) is 3. The highest BCUT2D eigenvalue weighted by atomic mass is 16.4. The Labute approximate surface area is 122 Å². The number of hydrogen-bond acceptors (Lipinski definition) is 3. The summed E-state index contributed by atoms with van der Waals surface area (Å²) in [5.41, 5.74) is 0.952. The second-order valence-electron chi connectivity index (χ2n) is 4.58. The van der Waals surface area contributed by atoms with Crippen LogP contribution in [0.5, 0.6) is 0 Å². The Morgan fingerprint density at radius 2 is 1.95 bits per heavy atom. The van der Waals surface area contributed by atoms with Gasteiger partial charge in [0.15, 0.2) is 0 Å². The van der Waals surface area contributed by atoms with Gasteiger partial charge in [-0.25, -0.2) is 9.59 Å². The highest BCUT2D eigenvalue weighted by molar-refractivity contribution is 6.01. The molecule has 0 aliphatic carbocycles. The van der Waals surface area contributed by atoms with E-state index < -0.39 is 12.0 Å². The van der Waals surface area contributed by atoms with Crippen molar-refractivity contribution in [3.63, 3.8) is 0 Å². The Bertz CT molecular complexity index is 557. The standard InChI is InChI=1S/C14H19N3O4/c1-9-5-4-6-10(13(19)20)12(9)16-14(21)17(3)8-7-11(18)15-2/h4-6H,7-8H2,1-3H3,(H,15,18)(H,16,21)(H,19,20). The van der Waals surface area contributed by atoms with Crippen molar-refractivity contribution in [2.45, 2.75) is 13.3 Å². The molecule has 0 aromatic heterocycles. The molecule has 0 fully saturated rings. The van der Waals surface area contributed by atoms with Gasteiger partial charge in [-0.1, -0.05) is 12.1 Å². The number of para-hydroxylation sites is 1. The van der Waals surface area contributed by atoms with E-state index in [9.17, 15) is 14.4 Å². The smallest absolute Gasteiger partial charge is 0.337 e. The third kappa shape index (κ3) is 4.48. The van der Waals surface area contributed by atoms with E-state index in [4.69, 9.17) is 5.11 Å². The maximum atomic E-state index is 12.0. The number of carboxylic acids is 1. The molecule has 0 unspecified atom stereocenters. The van der Waals surface area contributed by atoms with Crippen LogP contribution in [0.15, 0.2) is 18.2 Å². The number of nitrogens with zero attached hydrogens (tertiary/aromatic N) is 1. The number of rotatable bonds is 5. The number of anilines is 1. The van der Waals surface area contributed by atoms with Gasteiger partial charge in [-0.05, 0) is 18.6 Å². The number of carbonyl (C=O) groups is 3. The molecule has 0 radical (unpaired) electrons. The topological polar surface area (TPSA) is 98.7 Å². The van der Waals surface area contributed by atoms with Gasteiger partial charge in [0.2, 0.25) is 5.91 Å². The van der Waals surface area contributed by atoms with Crippen LogP contribution in [0.4, 0.5) is 10.5 Å². The summed E-state index contributed by atoms with van der Waals surface area (Å²) < 4.78 is 0. The van der Waals surface area contributed by atoms with Gasteiger partial charge in [0.25, 0.3) is 0 Å². The minimum Gasteiger partial charge on any atom is -0.478 e. The number of carbonyl (C=O) groups excluding carboxylic acids is 2. The van der Waals surface area contributed by atoms with Crippen LogP contribution in [-0.2, 0) is 4.79 Å². The number of aromatic carboxylic acids is 1. The van der Waals surface area contributed by atoms with Crippen LogP contribution < -0.4 is 10.6 Å². The van der Waals surface area contributed by atoms with E-state index in [0.717, 1.165) is 0 Å². The maximum absolute atomic E-state index is 12.0. The van der Waals surface area contributed by atoms with Crippen molar-refractivity contribution in [3.05, 3.63) is 29.3 Å². The van der Waals surface area contributed by atoms with Crippen LogP contribution in [-0.4, -0.2) is 48.6 Å². The van der Waals surface area contributed by atoms with Crippen LogP contribution in [0.2, 0.25) is 0 Å². The summed E-state index contributed by atoms with van der Waals surface area (Å²) in [6, 6.07) is 4.29. The van der Waals surface area contributed by atoms with Crippen molar-refractivity contribution >= 4 is 23.6 Å². The van der Waals surface area contributed by atoms with Gasteiger partial charge in [0, 0.05) is 27.1 Å². The van der Waals surface area contributed by atoms with Crippen molar-refractivity contribution in [1.82, 2.24) is 10.2 Å². The van der Waals surface area contributed by atoms with Gasteiger partial charge in [-0.15, -0.1) is 0 Å². The SMILES string of the molecule is CNC(=O)CCN(C)C(=O)Nc1c(C)cccc1C(=O)O. The quantitative estimate of drug-likeness (QED) is 0.762. The highest BCUT2D eigenvalue weighted by Crippen LogP contribution is 2.20. The number of benzene rings is 1. The second-order valence-corrected chi connectivity index (χ2v) is 4.58. The lowest BCUT2D eigenvalue weighted by molar-refractivity contribution is -0.120. The summed E-state index contributed by atoms with van der Waals surface area (Å²) >= 11 is 0. The largest absolute Gasteiger partial charge is 0.478 e. The Morgan fingerprint density at radius 1 is 1.29 bits per heavy atom. The van der Waals surface area contributed by atoms with Gasteiger partial charge in [0.05, 0.1) is 11.3 Å². The first-order valence-electron chi connectivity index (χ1n) is 6.42. The van der Waals surface area contributed by atoms with Gasteiger partial charge in [-0.3, -0.25) is 4.79 Å². The minimum atomic E-state index is -1.11.